The summed E-state index contributed by atoms with van der Waals surface area (Å²) in [5.74, 6) is 0.0215. The molecule has 1 saturated carbocycles. The Kier molecular flexibility index (Phi) is 6.92. The van der Waals surface area contributed by atoms with Gasteiger partial charge in [0.15, 0.2) is 0 Å². The average molecular weight is 375 g/mol. The van der Waals surface area contributed by atoms with Crippen LogP contribution in [0.15, 0.2) is 23.6 Å². The zero-order valence-corrected chi connectivity index (χ0v) is 16.7. The Morgan fingerprint density at radius 3 is 2.85 bits per heavy atom. The number of aromatic nitrogens is 1. The molecule has 2 aromatic rings. The van der Waals surface area contributed by atoms with Crippen LogP contribution in [0, 0.1) is 13.8 Å². The summed E-state index contributed by atoms with van der Waals surface area (Å²) in [4.78, 5) is 13.8. The number of nitrogens with zero attached hydrogens (tertiary/aromatic N) is 1. The smallest absolute Gasteiger partial charge is 0.253 e. The van der Waals surface area contributed by atoms with Crippen LogP contribution < -0.4 is 5.32 Å². The second-order valence-corrected chi connectivity index (χ2v) is 8.22. The van der Waals surface area contributed by atoms with Crippen molar-refractivity contribution in [1.29, 1.82) is 0 Å². The van der Waals surface area contributed by atoms with Crippen molar-refractivity contribution in [3.05, 3.63) is 45.4 Å². The van der Waals surface area contributed by atoms with Gasteiger partial charge in [0.25, 0.3) is 5.91 Å². The van der Waals surface area contributed by atoms with E-state index < -0.39 is 0 Å². The minimum atomic E-state index is 0.0215. The Morgan fingerprint density at radius 1 is 1.31 bits per heavy atom. The monoisotopic (exact) mass is 374 g/mol. The van der Waals surface area contributed by atoms with Gasteiger partial charge in [0.05, 0.1) is 18.2 Å². The van der Waals surface area contributed by atoms with Crippen LogP contribution in [0.4, 0.5) is 0 Å². The first-order valence-corrected chi connectivity index (χ1v) is 10.6. The fourth-order valence-electron chi connectivity index (χ4n) is 3.68. The number of nitrogens with one attached hydrogen (secondary N) is 1. The second-order valence-electron chi connectivity index (χ2n) is 7.19. The maximum absolute atomic E-state index is 12.5. The summed E-state index contributed by atoms with van der Waals surface area (Å²) in [6, 6.07) is 6.20. The zero-order valence-electron chi connectivity index (χ0n) is 15.9. The molecule has 142 valence electrons. The molecule has 4 nitrogen and oxygen atoms in total. The summed E-state index contributed by atoms with van der Waals surface area (Å²) in [7, 11) is 0. The summed E-state index contributed by atoms with van der Waals surface area (Å²) in [5.41, 5.74) is 2.95. The summed E-state index contributed by atoms with van der Waals surface area (Å²) in [6.45, 7) is 6.33. The molecule has 0 bridgehead atoms. The summed E-state index contributed by atoms with van der Waals surface area (Å²) in [5, 5.41) is 5.14. The van der Waals surface area contributed by atoms with Gasteiger partial charge in [0.2, 0.25) is 0 Å². The number of thiophene rings is 1. The topological polar surface area (TPSA) is 43.3 Å². The van der Waals surface area contributed by atoms with Crippen molar-refractivity contribution in [2.45, 2.75) is 65.0 Å². The van der Waals surface area contributed by atoms with E-state index in [9.17, 15) is 4.79 Å². The van der Waals surface area contributed by atoms with Crippen molar-refractivity contribution < 1.29 is 9.53 Å². The van der Waals surface area contributed by atoms with Gasteiger partial charge in [-0.25, -0.2) is 0 Å². The molecule has 0 aliphatic heterocycles. The third kappa shape index (κ3) is 4.98. The van der Waals surface area contributed by atoms with Gasteiger partial charge in [-0.3, -0.25) is 4.79 Å². The Labute approximate surface area is 160 Å². The van der Waals surface area contributed by atoms with E-state index in [0.717, 1.165) is 36.5 Å². The number of ether oxygens (including phenoxy) is 1. The third-order valence-electron chi connectivity index (χ3n) is 5.22. The molecule has 0 saturated heterocycles. The summed E-state index contributed by atoms with van der Waals surface area (Å²) in [6.07, 6.45) is 7.64. The van der Waals surface area contributed by atoms with Crippen molar-refractivity contribution in [2.24, 2.45) is 0 Å². The van der Waals surface area contributed by atoms with E-state index in [-0.39, 0.29) is 5.91 Å². The van der Waals surface area contributed by atoms with E-state index in [1.54, 1.807) is 11.3 Å². The molecule has 1 N–H and O–H groups in total. The van der Waals surface area contributed by atoms with Gasteiger partial charge in [0.1, 0.15) is 0 Å². The minimum Gasteiger partial charge on any atom is -0.378 e. The molecule has 2 heterocycles. The number of amides is 1. The third-order valence-corrected chi connectivity index (χ3v) is 6.09. The molecule has 5 heteroatoms. The highest BCUT2D eigenvalue weighted by Gasteiger charge is 2.16. The second kappa shape index (κ2) is 9.38. The maximum atomic E-state index is 12.5. The number of hydrogen-bond donors (Lipinski definition) is 1. The Bertz CT molecular complexity index is 700. The highest BCUT2D eigenvalue weighted by Crippen LogP contribution is 2.21. The predicted octanol–water partition coefficient (Wildman–Crippen LogP) is 4.68. The lowest BCUT2D eigenvalue weighted by Crippen LogP contribution is -2.26. The number of carbonyl (C=O) groups excluding carboxylic acids is 1. The molecule has 1 fully saturated rings. The van der Waals surface area contributed by atoms with E-state index >= 15 is 0 Å². The molecule has 0 aromatic carbocycles. The number of hydrogen-bond acceptors (Lipinski definition) is 3. The lowest BCUT2D eigenvalue weighted by Gasteiger charge is -2.21. The first kappa shape index (κ1) is 19.2. The molecule has 1 amide bonds. The first-order chi connectivity index (χ1) is 12.6. The molecule has 0 radical (unpaired) electrons. The lowest BCUT2D eigenvalue weighted by atomic mass is 9.98. The van der Waals surface area contributed by atoms with Crippen LogP contribution in [0.2, 0.25) is 0 Å². The van der Waals surface area contributed by atoms with Gasteiger partial charge in [0, 0.05) is 29.4 Å². The van der Waals surface area contributed by atoms with Gasteiger partial charge in [-0.1, -0.05) is 25.3 Å². The number of aryl methyl sites for hydroxylation is 1. The quantitative estimate of drug-likeness (QED) is 0.682. The fourth-order valence-corrected chi connectivity index (χ4v) is 4.38. The van der Waals surface area contributed by atoms with Crippen molar-refractivity contribution in [1.82, 2.24) is 9.88 Å². The number of rotatable bonds is 8. The van der Waals surface area contributed by atoms with Crippen molar-refractivity contribution in [3.63, 3.8) is 0 Å². The maximum Gasteiger partial charge on any atom is 0.253 e. The molecule has 2 aromatic heterocycles. The summed E-state index contributed by atoms with van der Waals surface area (Å²) >= 11 is 1.75. The Hall–Kier alpha value is -1.59. The molecule has 0 atom stereocenters. The number of carbonyl (C=O) groups is 1. The molecule has 0 spiro atoms. The van der Waals surface area contributed by atoms with Gasteiger partial charge in [-0.2, -0.15) is 0 Å². The van der Waals surface area contributed by atoms with Crippen LogP contribution >= 0.6 is 11.3 Å². The largest absolute Gasteiger partial charge is 0.378 e. The molecule has 1 aliphatic carbocycles. The van der Waals surface area contributed by atoms with Crippen molar-refractivity contribution in [3.8, 4) is 0 Å². The normalized spacial score (nSPS) is 15.3. The van der Waals surface area contributed by atoms with Gasteiger partial charge < -0.3 is 14.6 Å². The van der Waals surface area contributed by atoms with Gasteiger partial charge in [-0.15, -0.1) is 11.3 Å². The lowest BCUT2D eigenvalue weighted by molar-refractivity contribution is 0.0273. The van der Waals surface area contributed by atoms with E-state index in [1.165, 1.54) is 37.0 Å². The van der Waals surface area contributed by atoms with Crippen LogP contribution in [0.5, 0.6) is 0 Å². The van der Waals surface area contributed by atoms with Crippen LogP contribution in [0.25, 0.3) is 0 Å². The highest BCUT2D eigenvalue weighted by atomic mass is 32.1. The molecular formula is C21H30N2O2S. The standard InChI is InChI=1S/C21H30N2O2S/c1-16-14-20(17(2)23(16)15-19-10-6-13-26-19)21(24)22-11-7-12-25-18-8-4-3-5-9-18/h6,10,13-14,18H,3-5,7-9,11-12,15H2,1-2H3,(H,22,24). The molecular weight excluding hydrogens is 344 g/mol. The SMILES string of the molecule is Cc1cc(C(=O)NCCCOC2CCCCC2)c(C)n1Cc1cccs1. The molecule has 26 heavy (non-hydrogen) atoms. The van der Waals surface area contributed by atoms with E-state index in [2.05, 4.69) is 34.3 Å². The van der Waals surface area contributed by atoms with Gasteiger partial charge in [-0.05, 0) is 50.6 Å². The Balaban J connectivity index is 1.45. The minimum absolute atomic E-state index is 0.0215. The highest BCUT2D eigenvalue weighted by molar-refractivity contribution is 7.09. The van der Waals surface area contributed by atoms with Crippen molar-refractivity contribution in [2.75, 3.05) is 13.2 Å². The van der Waals surface area contributed by atoms with Crippen molar-refractivity contribution >= 4 is 17.2 Å². The molecule has 1 aliphatic rings. The molecule has 0 unspecified atom stereocenters. The van der Waals surface area contributed by atoms with Crippen LogP contribution in [0.1, 0.15) is 65.1 Å². The van der Waals surface area contributed by atoms with E-state index in [1.807, 2.05) is 13.0 Å². The molecule has 3 rings (SSSR count). The zero-order chi connectivity index (χ0) is 18.4. The van der Waals surface area contributed by atoms with Crippen LogP contribution in [-0.2, 0) is 11.3 Å². The van der Waals surface area contributed by atoms with Crippen LogP contribution in [0.3, 0.4) is 0 Å². The van der Waals surface area contributed by atoms with E-state index in [4.69, 9.17) is 4.74 Å². The Morgan fingerprint density at radius 2 is 2.12 bits per heavy atom. The first-order valence-electron chi connectivity index (χ1n) is 9.74. The summed E-state index contributed by atoms with van der Waals surface area (Å²) < 4.78 is 8.14. The van der Waals surface area contributed by atoms with Gasteiger partial charge >= 0.3 is 0 Å². The average Bonchev–Trinajstić information content (AvgIpc) is 3.26. The van der Waals surface area contributed by atoms with E-state index in [0.29, 0.717) is 12.6 Å². The predicted molar refractivity (Wildman–Crippen MR) is 107 cm³/mol. The van der Waals surface area contributed by atoms with Crippen LogP contribution in [-0.4, -0.2) is 29.7 Å². The fraction of sp³-hybridized carbons (Fsp3) is 0.571.